The quantitative estimate of drug-likeness (QED) is 0.492. The summed E-state index contributed by atoms with van der Waals surface area (Å²) in [4.78, 5) is 27.6. The van der Waals surface area contributed by atoms with E-state index in [2.05, 4.69) is 6.08 Å². The molecule has 1 aromatic carbocycles. The lowest BCUT2D eigenvalue weighted by molar-refractivity contribution is -0.146. The second-order valence-corrected chi connectivity index (χ2v) is 7.34. The molecule has 0 atom stereocenters. The van der Waals surface area contributed by atoms with E-state index in [1.807, 2.05) is 24.4 Å². The number of rotatable bonds is 7. The Morgan fingerprint density at radius 3 is 2.64 bits per heavy atom. The predicted octanol–water partition coefficient (Wildman–Crippen LogP) is 4.89. The Morgan fingerprint density at radius 1 is 1.25 bits per heavy atom. The minimum Gasteiger partial charge on any atom is -0.452 e. The zero-order valence-corrected chi connectivity index (χ0v) is 16.5. The number of amides is 1. The molecule has 0 unspecified atom stereocenters. The number of carbonyl (C=O) groups excluding carboxylic acids is 2. The molecule has 0 spiro atoms. The Balaban J connectivity index is 1.73. The first kappa shape index (κ1) is 20.0. The van der Waals surface area contributed by atoms with Gasteiger partial charge in [0.1, 0.15) is 5.82 Å². The maximum atomic E-state index is 13.1. The summed E-state index contributed by atoms with van der Waals surface area (Å²) < 4.78 is 18.5. The first-order valence-corrected chi connectivity index (χ1v) is 10.1. The van der Waals surface area contributed by atoms with Gasteiger partial charge in [-0.05, 0) is 61.4 Å². The molecule has 1 amide bonds. The topological polar surface area (TPSA) is 46.6 Å². The van der Waals surface area contributed by atoms with Crippen molar-refractivity contribution >= 4 is 34.9 Å². The molecule has 4 nitrogen and oxygen atoms in total. The molecule has 0 fully saturated rings. The molecular weight excluding hydrogens is 377 g/mol. The molecule has 3 rings (SSSR count). The molecule has 6 heteroatoms. The van der Waals surface area contributed by atoms with Gasteiger partial charge in [0.05, 0.1) is 5.57 Å². The van der Waals surface area contributed by atoms with Gasteiger partial charge in [-0.3, -0.25) is 4.79 Å². The first-order chi connectivity index (χ1) is 13.6. The van der Waals surface area contributed by atoms with Crippen molar-refractivity contribution in [2.24, 2.45) is 0 Å². The van der Waals surface area contributed by atoms with Crippen LogP contribution >= 0.6 is 11.3 Å². The number of ether oxygens (including phenoxy) is 1. The Kier molecular flexibility index (Phi) is 6.76. The van der Waals surface area contributed by atoms with Crippen LogP contribution in [0.15, 0.2) is 53.6 Å². The van der Waals surface area contributed by atoms with Crippen molar-refractivity contribution in [3.63, 3.8) is 0 Å². The Bertz CT molecular complexity index is 885. The van der Waals surface area contributed by atoms with Crippen LogP contribution in [0.4, 0.5) is 4.39 Å². The van der Waals surface area contributed by atoms with Gasteiger partial charge in [-0.1, -0.05) is 24.3 Å². The lowest BCUT2D eigenvalue weighted by Crippen LogP contribution is -2.33. The van der Waals surface area contributed by atoms with Gasteiger partial charge < -0.3 is 9.64 Å². The third kappa shape index (κ3) is 4.95. The van der Waals surface area contributed by atoms with E-state index in [-0.39, 0.29) is 18.3 Å². The predicted molar refractivity (Wildman–Crippen MR) is 109 cm³/mol. The minimum absolute atomic E-state index is 0.226. The molecule has 28 heavy (non-hydrogen) atoms. The summed E-state index contributed by atoms with van der Waals surface area (Å²) in [5.74, 6) is -1.14. The number of halogens is 1. The third-order valence-corrected chi connectivity index (χ3v) is 5.40. The summed E-state index contributed by atoms with van der Waals surface area (Å²) in [7, 11) is 0. The molecular formula is C22H22FNO3S. The molecule has 2 aromatic rings. The average molecular weight is 399 g/mol. The number of hydrogen-bond donors (Lipinski definition) is 0. The van der Waals surface area contributed by atoms with Crippen molar-refractivity contribution in [1.29, 1.82) is 0 Å². The SMILES string of the molecule is CCN(C(=O)COC(=O)/C(=C/c1ccc(F)cc1)c1cccs1)C1=CCCC1. The van der Waals surface area contributed by atoms with Crippen molar-refractivity contribution in [1.82, 2.24) is 4.90 Å². The van der Waals surface area contributed by atoms with Crippen LogP contribution in [0, 0.1) is 5.82 Å². The van der Waals surface area contributed by atoms with Crippen LogP contribution in [0.2, 0.25) is 0 Å². The summed E-state index contributed by atoms with van der Waals surface area (Å²) in [6.45, 7) is 2.14. The molecule has 1 aliphatic carbocycles. The number of esters is 1. The largest absolute Gasteiger partial charge is 0.452 e. The van der Waals surface area contributed by atoms with E-state index in [0.717, 1.165) is 29.8 Å². The van der Waals surface area contributed by atoms with Crippen LogP contribution in [0.5, 0.6) is 0 Å². The fraction of sp³-hybridized carbons (Fsp3) is 0.273. The van der Waals surface area contributed by atoms with E-state index in [1.54, 1.807) is 23.1 Å². The molecule has 1 aliphatic rings. The molecule has 0 N–H and O–H groups in total. The van der Waals surface area contributed by atoms with Crippen molar-refractivity contribution in [2.45, 2.75) is 26.2 Å². The van der Waals surface area contributed by atoms with Gasteiger partial charge in [-0.15, -0.1) is 11.3 Å². The number of nitrogens with zero attached hydrogens (tertiary/aromatic N) is 1. The van der Waals surface area contributed by atoms with E-state index in [1.165, 1.54) is 23.5 Å². The molecule has 1 heterocycles. The molecule has 0 saturated heterocycles. The van der Waals surface area contributed by atoms with Crippen LogP contribution in [-0.4, -0.2) is 29.9 Å². The van der Waals surface area contributed by atoms with Gasteiger partial charge in [0.15, 0.2) is 6.61 Å². The fourth-order valence-corrected chi connectivity index (χ4v) is 3.84. The fourth-order valence-electron chi connectivity index (χ4n) is 3.11. The monoisotopic (exact) mass is 399 g/mol. The molecule has 0 bridgehead atoms. The van der Waals surface area contributed by atoms with Crippen molar-refractivity contribution in [3.8, 4) is 0 Å². The van der Waals surface area contributed by atoms with Gasteiger partial charge in [-0.25, -0.2) is 9.18 Å². The summed E-state index contributed by atoms with van der Waals surface area (Å²) in [5, 5.41) is 1.86. The Hall–Kier alpha value is -2.73. The van der Waals surface area contributed by atoms with Crippen LogP contribution in [0.1, 0.15) is 36.6 Å². The lowest BCUT2D eigenvalue weighted by Gasteiger charge is -2.22. The van der Waals surface area contributed by atoms with E-state index < -0.39 is 5.97 Å². The van der Waals surface area contributed by atoms with E-state index in [0.29, 0.717) is 17.7 Å². The van der Waals surface area contributed by atoms with Gasteiger partial charge in [0.25, 0.3) is 5.91 Å². The van der Waals surface area contributed by atoms with Crippen LogP contribution in [0.3, 0.4) is 0 Å². The number of likely N-dealkylation sites (N-methyl/N-ethyl adjacent to an activating group) is 1. The summed E-state index contributed by atoms with van der Waals surface area (Å²) in [6, 6.07) is 9.50. The zero-order chi connectivity index (χ0) is 19.9. The second-order valence-electron chi connectivity index (χ2n) is 6.39. The summed E-state index contributed by atoms with van der Waals surface area (Å²) in [5.41, 5.74) is 2.03. The highest BCUT2D eigenvalue weighted by atomic mass is 32.1. The van der Waals surface area contributed by atoms with Gasteiger partial charge in [0.2, 0.25) is 0 Å². The first-order valence-electron chi connectivity index (χ1n) is 9.26. The van der Waals surface area contributed by atoms with E-state index >= 15 is 0 Å². The highest BCUT2D eigenvalue weighted by Crippen LogP contribution is 2.25. The number of allylic oxidation sites excluding steroid dienone is 2. The number of carbonyl (C=O) groups is 2. The molecule has 146 valence electrons. The van der Waals surface area contributed by atoms with Crippen molar-refractivity contribution in [3.05, 3.63) is 69.8 Å². The number of benzene rings is 1. The lowest BCUT2D eigenvalue weighted by atomic mass is 10.1. The normalized spacial score (nSPS) is 13.9. The molecule has 0 aliphatic heterocycles. The average Bonchev–Trinajstić information content (AvgIpc) is 3.40. The number of thiophene rings is 1. The standard InChI is InChI=1S/C22H22FNO3S/c1-2-24(18-6-3-4-7-18)21(25)15-27-22(26)19(20-8-5-13-28-20)14-16-9-11-17(23)12-10-16/h5-6,8-14H,2-4,7,15H2,1H3/b19-14+. The Labute approximate surface area is 167 Å². The third-order valence-electron chi connectivity index (χ3n) is 4.50. The minimum atomic E-state index is -0.573. The zero-order valence-electron chi connectivity index (χ0n) is 15.7. The maximum Gasteiger partial charge on any atom is 0.340 e. The maximum absolute atomic E-state index is 13.1. The van der Waals surface area contributed by atoms with E-state index in [9.17, 15) is 14.0 Å². The number of hydrogen-bond acceptors (Lipinski definition) is 4. The molecule has 1 aromatic heterocycles. The van der Waals surface area contributed by atoms with Crippen molar-refractivity contribution < 1.29 is 18.7 Å². The van der Waals surface area contributed by atoms with Crippen LogP contribution in [0.25, 0.3) is 11.6 Å². The molecule has 0 radical (unpaired) electrons. The smallest absolute Gasteiger partial charge is 0.340 e. The van der Waals surface area contributed by atoms with Crippen LogP contribution < -0.4 is 0 Å². The highest BCUT2D eigenvalue weighted by Gasteiger charge is 2.22. The van der Waals surface area contributed by atoms with Crippen LogP contribution in [-0.2, 0) is 14.3 Å². The van der Waals surface area contributed by atoms with Crippen molar-refractivity contribution in [2.75, 3.05) is 13.2 Å². The molecule has 0 saturated carbocycles. The highest BCUT2D eigenvalue weighted by molar-refractivity contribution is 7.11. The second kappa shape index (κ2) is 9.46. The van der Waals surface area contributed by atoms with Gasteiger partial charge >= 0.3 is 5.97 Å². The summed E-state index contributed by atoms with van der Waals surface area (Å²) >= 11 is 1.40. The van der Waals surface area contributed by atoms with E-state index in [4.69, 9.17) is 4.74 Å². The summed E-state index contributed by atoms with van der Waals surface area (Å²) in [6.07, 6.45) is 6.60. The van der Waals surface area contributed by atoms with Gasteiger partial charge in [-0.2, -0.15) is 0 Å². The Morgan fingerprint density at radius 2 is 2.04 bits per heavy atom. The van der Waals surface area contributed by atoms with Gasteiger partial charge in [0, 0.05) is 17.1 Å².